The van der Waals surface area contributed by atoms with Gasteiger partial charge in [0.2, 0.25) is 5.24 Å². The summed E-state index contributed by atoms with van der Waals surface area (Å²) in [6.07, 6.45) is 0. The first-order valence-corrected chi connectivity index (χ1v) is 2.45. The Labute approximate surface area is 47.6 Å². The Balaban J connectivity index is 3.34. The fourth-order valence-electron chi connectivity index (χ4n) is 0.0927. The summed E-state index contributed by atoms with van der Waals surface area (Å²) >= 11 is 5.01. The molecule has 0 bridgehead atoms. The Kier molecular flexibility index (Phi) is 2.96. The Morgan fingerprint density at radius 2 is 2.43 bits per heavy atom. The van der Waals surface area contributed by atoms with Gasteiger partial charge < -0.3 is 5.73 Å². The van der Waals surface area contributed by atoms with E-state index in [-0.39, 0.29) is 11.2 Å². The van der Waals surface area contributed by atoms with Gasteiger partial charge in [0.05, 0.1) is 0 Å². The quantitative estimate of drug-likeness (QED) is 0.536. The molecule has 0 saturated heterocycles. The largest absolute Gasteiger partial charge is 0.330 e. The Morgan fingerprint density at radius 3 is 2.43 bits per heavy atom. The van der Waals surface area contributed by atoms with Crippen LogP contribution in [-0.2, 0) is 4.79 Å². The van der Waals surface area contributed by atoms with Crippen LogP contribution < -0.4 is 5.73 Å². The van der Waals surface area contributed by atoms with Gasteiger partial charge in [-0.1, -0.05) is 6.92 Å². The highest BCUT2D eigenvalue weighted by Crippen LogP contribution is 1.95. The molecule has 0 aromatic rings. The summed E-state index contributed by atoms with van der Waals surface area (Å²) in [7, 11) is 0. The summed E-state index contributed by atoms with van der Waals surface area (Å²) < 4.78 is 0. The lowest BCUT2D eigenvalue weighted by Crippen LogP contribution is -2.15. The number of hydrogen-bond donors (Lipinski definition) is 1. The van der Waals surface area contributed by atoms with Crippen LogP contribution >= 0.6 is 11.6 Å². The molecule has 0 saturated carbocycles. The molecular weight excluding hydrogens is 114 g/mol. The molecule has 0 aromatic carbocycles. The minimum atomic E-state index is -0.359. The van der Waals surface area contributed by atoms with Gasteiger partial charge in [-0.2, -0.15) is 0 Å². The van der Waals surface area contributed by atoms with Crippen molar-refractivity contribution in [3.05, 3.63) is 0 Å². The van der Waals surface area contributed by atoms with Gasteiger partial charge in [-0.3, -0.25) is 4.79 Å². The van der Waals surface area contributed by atoms with Crippen LogP contribution in [0.15, 0.2) is 0 Å². The molecule has 0 aliphatic carbocycles. The van der Waals surface area contributed by atoms with E-state index in [1.54, 1.807) is 6.92 Å². The van der Waals surface area contributed by atoms with E-state index < -0.39 is 0 Å². The molecule has 0 aliphatic heterocycles. The predicted molar refractivity (Wildman–Crippen MR) is 29.1 cm³/mol. The van der Waals surface area contributed by atoms with Crippen molar-refractivity contribution < 1.29 is 4.79 Å². The van der Waals surface area contributed by atoms with E-state index in [4.69, 9.17) is 17.3 Å². The Morgan fingerprint density at radius 1 is 2.00 bits per heavy atom. The molecule has 0 heterocycles. The maximum Gasteiger partial charge on any atom is 0.225 e. The van der Waals surface area contributed by atoms with Gasteiger partial charge in [0.1, 0.15) is 0 Å². The highest BCUT2D eigenvalue weighted by atomic mass is 35.5. The number of nitrogens with two attached hydrogens (primary N) is 1. The molecule has 0 rings (SSSR count). The molecule has 0 amide bonds. The predicted octanol–water partition coefficient (Wildman–Crippen LogP) is 0.347. The second-order valence-electron chi connectivity index (χ2n) is 1.44. The van der Waals surface area contributed by atoms with Crippen LogP contribution in [0.3, 0.4) is 0 Å². The van der Waals surface area contributed by atoms with E-state index in [1.807, 2.05) is 0 Å². The molecule has 2 N–H and O–H groups in total. The smallest absolute Gasteiger partial charge is 0.225 e. The van der Waals surface area contributed by atoms with Crippen molar-refractivity contribution in [2.24, 2.45) is 11.7 Å². The zero-order valence-corrected chi connectivity index (χ0v) is 4.90. The first kappa shape index (κ1) is 6.92. The molecule has 2 nitrogen and oxygen atoms in total. The second kappa shape index (κ2) is 2.99. The van der Waals surface area contributed by atoms with E-state index in [2.05, 4.69) is 0 Å². The third-order valence-electron chi connectivity index (χ3n) is 0.741. The standard InChI is InChI=1S/C4H8ClNO/c1-3(2-6)4(5)7/h3H,2,6H2,1H3. The minimum absolute atomic E-state index is 0.193. The normalized spacial score (nSPS) is 13.6. The molecule has 0 radical (unpaired) electrons. The van der Waals surface area contributed by atoms with Crippen molar-refractivity contribution in [2.75, 3.05) is 6.54 Å². The molecule has 1 unspecified atom stereocenters. The summed E-state index contributed by atoms with van der Waals surface area (Å²) in [5.74, 6) is -0.193. The third kappa shape index (κ3) is 2.60. The minimum Gasteiger partial charge on any atom is -0.330 e. The van der Waals surface area contributed by atoms with E-state index in [9.17, 15) is 4.79 Å². The van der Waals surface area contributed by atoms with E-state index >= 15 is 0 Å². The number of halogens is 1. The van der Waals surface area contributed by atoms with Gasteiger partial charge >= 0.3 is 0 Å². The van der Waals surface area contributed by atoms with Crippen molar-refractivity contribution >= 4 is 16.8 Å². The molecule has 0 aliphatic rings. The highest BCUT2D eigenvalue weighted by molar-refractivity contribution is 6.63. The maximum absolute atomic E-state index is 10.1. The second-order valence-corrected chi connectivity index (χ2v) is 1.81. The average molecular weight is 122 g/mol. The zero-order chi connectivity index (χ0) is 5.86. The number of carbonyl (C=O) groups is 1. The van der Waals surface area contributed by atoms with E-state index in [0.29, 0.717) is 6.54 Å². The number of rotatable bonds is 2. The van der Waals surface area contributed by atoms with Gasteiger partial charge in [0.15, 0.2) is 0 Å². The van der Waals surface area contributed by atoms with Crippen molar-refractivity contribution in [3.8, 4) is 0 Å². The summed E-state index contributed by atoms with van der Waals surface area (Å²) in [6, 6.07) is 0. The van der Waals surface area contributed by atoms with Crippen molar-refractivity contribution in [3.63, 3.8) is 0 Å². The Hall–Kier alpha value is -0.0800. The van der Waals surface area contributed by atoms with Crippen molar-refractivity contribution in [1.82, 2.24) is 0 Å². The van der Waals surface area contributed by atoms with Crippen LogP contribution in [0, 0.1) is 5.92 Å². The lowest BCUT2D eigenvalue weighted by Gasteiger charge is -1.96. The highest BCUT2D eigenvalue weighted by Gasteiger charge is 2.04. The van der Waals surface area contributed by atoms with Crippen molar-refractivity contribution in [2.45, 2.75) is 6.92 Å². The van der Waals surface area contributed by atoms with Gasteiger partial charge in [-0.05, 0) is 11.6 Å². The fourth-order valence-corrected chi connectivity index (χ4v) is 0.182. The molecule has 1 atom stereocenters. The molecule has 42 valence electrons. The van der Waals surface area contributed by atoms with E-state index in [1.165, 1.54) is 0 Å². The molecule has 0 fully saturated rings. The van der Waals surface area contributed by atoms with Crippen LogP contribution in [0.2, 0.25) is 0 Å². The van der Waals surface area contributed by atoms with Gasteiger partial charge in [0, 0.05) is 12.5 Å². The number of carbonyl (C=O) groups excluding carboxylic acids is 1. The van der Waals surface area contributed by atoms with Crippen LogP contribution in [0.1, 0.15) is 6.92 Å². The first-order chi connectivity index (χ1) is 3.18. The van der Waals surface area contributed by atoms with Gasteiger partial charge in [-0.15, -0.1) is 0 Å². The lowest BCUT2D eigenvalue weighted by atomic mass is 10.2. The Bertz CT molecular complexity index is 74.1. The summed E-state index contributed by atoms with van der Waals surface area (Å²) in [5.41, 5.74) is 5.07. The van der Waals surface area contributed by atoms with Gasteiger partial charge in [-0.25, -0.2) is 0 Å². The summed E-state index contributed by atoms with van der Waals surface area (Å²) in [5, 5.41) is -0.359. The molecular formula is C4H8ClNO. The fraction of sp³-hybridized carbons (Fsp3) is 0.750. The van der Waals surface area contributed by atoms with E-state index in [0.717, 1.165) is 0 Å². The van der Waals surface area contributed by atoms with Crippen molar-refractivity contribution in [1.29, 1.82) is 0 Å². The monoisotopic (exact) mass is 121 g/mol. The maximum atomic E-state index is 10.1. The summed E-state index contributed by atoms with van der Waals surface area (Å²) in [6.45, 7) is 2.03. The SMILES string of the molecule is CC(CN)C(=O)Cl. The summed E-state index contributed by atoms with van der Waals surface area (Å²) in [4.78, 5) is 10.1. The lowest BCUT2D eigenvalue weighted by molar-refractivity contribution is -0.114. The number of hydrogen-bond acceptors (Lipinski definition) is 2. The zero-order valence-electron chi connectivity index (χ0n) is 4.15. The molecule has 0 aromatic heterocycles. The molecule has 3 heteroatoms. The van der Waals surface area contributed by atoms with Crippen LogP contribution in [0.5, 0.6) is 0 Å². The average Bonchev–Trinajstić information content (AvgIpc) is 1.65. The first-order valence-electron chi connectivity index (χ1n) is 2.08. The van der Waals surface area contributed by atoms with Crippen LogP contribution in [0.4, 0.5) is 0 Å². The van der Waals surface area contributed by atoms with Crippen LogP contribution in [0.25, 0.3) is 0 Å². The molecule has 7 heavy (non-hydrogen) atoms. The third-order valence-corrected chi connectivity index (χ3v) is 1.11. The topological polar surface area (TPSA) is 43.1 Å². The van der Waals surface area contributed by atoms with Crippen LogP contribution in [-0.4, -0.2) is 11.8 Å². The van der Waals surface area contributed by atoms with Gasteiger partial charge in [0.25, 0.3) is 0 Å². The molecule has 0 spiro atoms.